The van der Waals surface area contributed by atoms with Gasteiger partial charge >= 0.3 is 6.18 Å². The van der Waals surface area contributed by atoms with Gasteiger partial charge in [0.05, 0.1) is 16.0 Å². The van der Waals surface area contributed by atoms with E-state index in [4.69, 9.17) is 0 Å². The summed E-state index contributed by atoms with van der Waals surface area (Å²) in [6.07, 6.45) is -2.75. The van der Waals surface area contributed by atoms with Crippen LogP contribution in [-0.4, -0.2) is 56.2 Å². The van der Waals surface area contributed by atoms with E-state index in [1.807, 2.05) is 0 Å². The Bertz CT molecular complexity index is 1310. The van der Waals surface area contributed by atoms with Crippen LogP contribution in [0.2, 0.25) is 0 Å². The molecule has 0 aliphatic heterocycles. The smallest absolute Gasteiger partial charge is 0.310 e. The highest BCUT2D eigenvalue weighted by Crippen LogP contribution is 2.34. The van der Waals surface area contributed by atoms with E-state index in [0.717, 1.165) is 6.07 Å². The number of hydrogen-bond donors (Lipinski definition) is 1. The summed E-state index contributed by atoms with van der Waals surface area (Å²) < 4.78 is 65.7. The Morgan fingerprint density at radius 1 is 1.22 bits per heavy atom. The highest BCUT2D eigenvalue weighted by Gasteiger charge is 2.33. The Kier molecular flexibility index (Phi) is 6.50. The van der Waals surface area contributed by atoms with Gasteiger partial charge in [-0.15, -0.1) is 0 Å². The number of imidazole rings is 1. The molecule has 3 rings (SSSR count). The summed E-state index contributed by atoms with van der Waals surface area (Å²) >= 11 is 1.72. The van der Waals surface area contributed by atoms with Crippen LogP contribution >= 0.6 is 22.6 Å². The van der Waals surface area contributed by atoms with E-state index in [9.17, 15) is 26.4 Å². The summed E-state index contributed by atoms with van der Waals surface area (Å²) in [7, 11) is 0.719. The molecule has 0 aromatic carbocycles. The lowest BCUT2D eigenvalue weighted by molar-refractivity contribution is -0.137. The fraction of sp³-hybridized carbons (Fsp3) is 0.333. The maximum absolute atomic E-state index is 13.1. The van der Waals surface area contributed by atoms with Crippen LogP contribution < -0.4 is 5.43 Å². The zero-order chi connectivity index (χ0) is 24.0. The van der Waals surface area contributed by atoms with Gasteiger partial charge in [-0.05, 0) is 19.1 Å². The van der Waals surface area contributed by atoms with E-state index in [1.54, 1.807) is 36.7 Å². The number of aryl methyl sites for hydroxylation is 1. The fourth-order valence-corrected chi connectivity index (χ4v) is 4.72. The van der Waals surface area contributed by atoms with Gasteiger partial charge in [0.15, 0.2) is 21.3 Å². The van der Waals surface area contributed by atoms with Gasteiger partial charge in [0.25, 0.3) is 5.91 Å². The minimum Gasteiger partial charge on any atom is -0.310 e. The van der Waals surface area contributed by atoms with Crippen molar-refractivity contribution in [2.75, 3.05) is 14.1 Å². The van der Waals surface area contributed by atoms with Crippen LogP contribution in [0, 0.1) is 0 Å². The summed E-state index contributed by atoms with van der Waals surface area (Å²) in [4.78, 5) is 24.3. The molecule has 0 aliphatic rings. The fourth-order valence-electron chi connectivity index (χ4n) is 2.84. The zero-order valence-corrected chi connectivity index (χ0v) is 20.2. The van der Waals surface area contributed by atoms with Crippen molar-refractivity contribution in [3.05, 3.63) is 35.7 Å². The van der Waals surface area contributed by atoms with E-state index in [2.05, 4.69) is 20.4 Å². The summed E-state index contributed by atoms with van der Waals surface area (Å²) in [6.45, 7) is 1.46. The number of amides is 1. The third-order valence-corrected chi connectivity index (χ3v) is 8.21. The lowest BCUT2D eigenvalue weighted by Gasteiger charge is -2.15. The number of hydrazine groups is 1. The number of aromatic nitrogens is 4. The molecule has 0 radical (unpaired) electrons. The van der Waals surface area contributed by atoms with Crippen molar-refractivity contribution in [3.8, 4) is 11.5 Å². The maximum atomic E-state index is 13.1. The molecule has 3 aromatic rings. The lowest BCUT2D eigenvalue weighted by Crippen LogP contribution is -2.36. The van der Waals surface area contributed by atoms with E-state index in [1.165, 1.54) is 35.8 Å². The number of sulfone groups is 1. The van der Waals surface area contributed by atoms with Gasteiger partial charge in [-0.2, -0.15) is 13.2 Å². The zero-order valence-electron chi connectivity index (χ0n) is 17.3. The van der Waals surface area contributed by atoms with Gasteiger partial charge in [-0.3, -0.25) is 15.2 Å². The van der Waals surface area contributed by atoms with Crippen LogP contribution in [0.5, 0.6) is 0 Å². The summed E-state index contributed by atoms with van der Waals surface area (Å²) in [6, 6.07) is 2.01. The lowest BCUT2D eigenvalue weighted by atomic mass is 10.2. The first-order valence-corrected chi connectivity index (χ1v) is 11.8. The number of carbonyl (C=O) groups excluding carboxylic acids is 1. The first kappa shape index (κ1) is 24.3. The number of alkyl halides is 4. The third-order valence-electron chi connectivity index (χ3n) is 4.42. The molecule has 9 nitrogen and oxygen atoms in total. The molecule has 1 amide bonds. The predicted molar refractivity (Wildman–Crippen MR) is 119 cm³/mol. The summed E-state index contributed by atoms with van der Waals surface area (Å²) in [5.74, 6) is -0.574. The molecule has 1 atom stereocenters. The molecule has 172 valence electrons. The number of halogens is 4. The number of nitrogens with one attached hydrogen (secondary N) is 1. The Labute approximate surface area is 195 Å². The van der Waals surface area contributed by atoms with Gasteiger partial charge in [-0.1, -0.05) is 22.6 Å². The first-order valence-electron chi connectivity index (χ1n) is 9.00. The van der Waals surface area contributed by atoms with Crippen molar-refractivity contribution >= 4 is 49.5 Å². The van der Waals surface area contributed by atoms with Gasteiger partial charge in [-0.25, -0.2) is 23.4 Å². The average molecular weight is 582 g/mol. The van der Waals surface area contributed by atoms with E-state index in [0.29, 0.717) is 6.20 Å². The summed E-state index contributed by atoms with van der Waals surface area (Å²) in [5.41, 5.74) is 1.47. The van der Waals surface area contributed by atoms with Crippen molar-refractivity contribution in [1.82, 2.24) is 30.0 Å². The van der Waals surface area contributed by atoms with E-state index >= 15 is 0 Å². The molecule has 14 heteroatoms. The van der Waals surface area contributed by atoms with E-state index < -0.39 is 30.7 Å². The molecule has 1 unspecified atom stereocenters. The molecule has 3 aromatic heterocycles. The second-order valence-corrected chi connectivity index (χ2v) is 12.0. The van der Waals surface area contributed by atoms with E-state index in [-0.39, 0.29) is 33.1 Å². The monoisotopic (exact) mass is 582 g/mol. The molecule has 0 spiro atoms. The van der Waals surface area contributed by atoms with Crippen LogP contribution in [-0.2, 0) is 23.1 Å². The minimum absolute atomic E-state index is 0.00187. The van der Waals surface area contributed by atoms with Gasteiger partial charge in [0, 0.05) is 33.5 Å². The maximum Gasteiger partial charge on any atom is 0.417 e. The normalized spacial score (nSPS) is 13.5. The Balaban J connectivity index is 2.26. The van der Waals surface area contributed by atoms with Crippen LogP contribution in [0.15, 0.2) is 29.4 Å². The number of nitrogens with zero attached hydrogens (tertiary/aromatic N) is 5. The van der Waals surface area contributed by atoms with Crippen LogP contribution in [0.1, 0.15) is 22.8 Å². The van der Waals surface area contributed by atoms with Gasteiger partial charge in [0.1, 0.15) is 14.5 Å². The highest BCUT2D eigenvalue weighted by atomic mass is 127. The van der Waals surface area contributed by atoms with Crippen molar-refractivity contribution < 1.29 is 26.4 Å². The first-order chi connectivity index (χ1) is 14.7. The molecule has 32 heavy (non-hydrogen) atoms. The number of carbonyl (C=O) groups is 1. The Morgan fingerprint density at radius 3 is 2.44 bits per heavy atom. The SMILES string of the molecule is CC(I)S(=O)(=O)c1cc(C(=O)NN(C)C)cnc1-c1nc2cc(C(F)(F)F)cnc2n1C. The molecule has 0 saturated carbocycles. The standard InChI is InChI=1S/C18H18F3IN6O3S/c1-9(22)32(30,31)13-5-10(17(29)26-27(2)3)7-23-14(13)16-25-12-6-11(18(19,20)21)8-24-15(12)28(16)4/h5-9H,1-4H3,(H,26,29). The van der Waals surface area contributed by atoms with Crippen LogP contribution in [0.25, 0.3) is 22.7 Å². The van der Waals surface area contributed by atoms with Crippen LogP contribution in [0.4, 0.5) is 13.2 Å². The molecular formula is C18H18F3IN6O3S. The second kappa shape index (κ2) is 8.55. The molecular weight excluding hydrogens is 564 g/mol. The number of hydrogen-bond acceptors (Lipinski definition) is 7. The van der Waals surface area contributed by atoms with Gasteiger partial charge < -0.3 is 4.57 Å². The van der Waals surface area contributed by atoms with Crippen molar-refractivity contribution in [2.24, 2.45) is 7.05 Å². The van der Waals surface area contributed by atoms with Crippen LogP contribution in [0.3, 0.4) is 0 Å². The predicted octanol–water partition coefficient (Wildman–Crippen LogP) is 2.81. The molecule has 0 fully saturated rings. The third kappa shape index (κ3) is 4.56. The van der Waals surface area contributed by atoms with Crippen molar-refractivity contribution in [1.29, 1.82) is 0 Å². The largest absolute Gasteiger partial charge is 0.417 e. The highest BCUT2D eigenvalue weighted by molar-refractivity contribution is 14.1. The molecule has 0 bridgehead atoms. The molecule has 0 saturated heterocycles. The van der Waals surface area contributed by atoms with Crippen molar-refractivity contribution in [2.45, 2.75) is 21.3 Å². The van der Waals surface area contributed by atoms with Gasteiger partial charge in [0.2, 0.25) is 0 Å². The number of pyridine rings is 2. The number of rotatable bonds is 5. The Hall–Kier alpha value is -2.33. The summed E-state index contributed by atoms with van der Waals surface area (Å²) in [5, 5.41) is 1.39. The quantitative estimate of drug-likeness (QED) is 0.280. The molecule has 3 heterocycles. The molecule has 0 aliphatic carbocycles. The second-order valence-electron chi connectivity index (χ2n) is 7.05. The Morgan fingerprint density at radius 2 is 1.88 bits per heavy atom. The molecule has 1 N–H and O–H groups in total. The van der Waals surface area contributed by atoms with Crippen molar-refractivity contribution in [3.63, 3.8) is 0 Å². The number of fused-ring (bicyclic) bond motifs is 1. The minimum atomic E-state index is -4.61. The average Bonchev–Trinajstić information content (AvgIpc) is 3.02. The topological polar surface area (TPSA) is 110 Å².